The third-order valence-electron chi connectivity index (χ3n) is 5.94. The molecule has 0 spiro atoms. The highest BCUT2D eigenvalue weighted by molar-refractivity contribution is 5.70. The highest BCUT2D eigenvalue weighted by Gasteiger charge is 2.32. The van der Waals surface area contributed by atoms with E-state index in [2.05, 4.69) is 58.6 Å². The number of hydrogen-bond acceptors (Lipinski definition) is 5. The molecule has 32 heavy (non-hydrogen) atoms. The van der Waals surface area contributed by atoms with Crippen molar-refractivity contribution in [2.45, 2.75) is 65.3 Å². The van der Waals surface area contributed by atoms with Gasteiger partial charge in [-0.05, 0) is 45.7 Å². The van der Waals surface area contributed by atoms with Gasteiger partial charge in [-0.1, -0.05) is 59.7 Å². The van der Waals surface area contributed by atoms with Crippen LogP contribution in [0.1, 0.15) is 76.8 Å². The molecule has 0 unspecified atom stereocenters. The predicted molar refractivity (Wildman–Crippen MR) is 127 cm³/mol. The van der Waals surface area contributed by atoms with Crippen LogP contribution in [0.2, 0.25) is 0 Å². The van der Waals surface area contributed by atoms with Crippen molar-refractivity contribution in [2.75, 3.05) is 26.3 Å². The average Bonchev–Trinajstić information content (AvgIpc) is 2.69. The molecular weight excluding hydrogens is 402 g/mol. The van der Waals surface area contributed by atoms with E-state index < -0.39 is 0 Å². The van der Waals surface area contributed by atoms with Crippen LogP contribution in [0.5, 0.6) is 11.5 Å². The topological polar surface area (TPSA) is 59.0 Å². The number of benzene rings is 2. The second kappa shape index (κ2) is 9.24. The van der Waals surface area contributed by atoms with Crippen molar-refractivity contribution < 1.29 is 19.4 Å². The Balaban J connectivity index is 2.28. The molecule has 174 valence electrons. The first-order chi connectivity index (χ1) is 14.9. The number of esters is 1. The van der Waals surface area contributed by atoms with E-state index in [0.29, 0.717) is 24.7 Å². The monoisotopic (exact) mass is 439 g/mol. The lowest BCUT2D eigenvalue weighted by Gasteiger charge is -2.37. The molecule has 1 N–H and O–H groups in total. The Morgan fingerprint density at radius 3 is 2.03 bits per heavy atom. The minimum Gasteiger partial charge on any atom is -0.507 e. The van der Waals surface area contributed by atoms with Crippen LogP contribution in [0, 0.1) is 0 Å². The minimum absolute atomic E-state index is 0.128. The van der Waals surface area contributed by atoms with Crippen molar-refractivity contribution in [3.63, 3.8) is 0 Å². The number of hydrogen-bond donors (Lipinski definition) is 1. The average molecular weight is 440 g/mol. The van der Waals surface area contributed by atoms with E-state index in [1.165, 1.54) is 6.92 Å². The Morgan fingerprint density at radius 2 is 1.53 bits per heavy atom. The number of rotatable bonds is 4. The second-order valence-corrected chi connectivity index (χ2v) is 10.6. The van der Waals surface area contributed by atoms with E-state index in [9.17, 15) is 9.90 Å². The summed E-state index contributed by atoms with van der Waals surface area (Å²) in [5, 5.41) is 11.2. The first kappa shape index (κ1) is 24.3. The lowest BCUT2D eigenvalue weighted by molar-refractivity contribution is -0.132. The molecule has 1 heterocycles. The fraction of sp³-hybridized carbons (Fsp3) is 0.519. The number of ether oxygens (including phenoxy) is 2. The molecule has 1 aliphatic rings. The minimum atomic E-state index is -0.338. The van der Waals surface area contributed by atoms with Gasteiger partial charge in [-0.15, -0.1) is 0 Å². The summed E-state index contributed by atoms with van der Waals surface area (Å²) < 4.78 is 11.2. The van der Waals surface area contributed by atoms with E-state index in [-0.39, 0.29) is 22.8 Å². The molecule has 0 bridgehead atoms. The van der Waals surface area contributed by atoms with Gasteiger partial charge >= 0.3 is 5.97 Å². The molecule has 0 radical (unpaired) electrons. The predicted octanol–water partition coefficient (Wildman–Crippen LogP) is 5.33. The summed E-state index contributed by atoms with van der Waals surface area (Å²) in [5.41, 5.74) is 3.40. The fourth-order valence-electron chi connectivity index (χ4n) is 4.34. The Morgan fingerprint density at radius 1 is 1.00 bits per heavy atom. The van der Waals surface area contributed by atoms with Gasteiger partial charge in [0.15, 0.2) is 0 Å². The van der Waals surface area contributed by atoms with Crippen LogP contribution in [0.4, 0.5) is 0 Å². The summed E-state index contributed by atoms with van der Waals surface area (Å²) >= 11 is 0. The molecule has 0 amide bonds. The van der Waals surface area contributed by atoms with Gasteiger partial charge < -0.3 is 14.6 Å². The molecule has 1 atom stereocenters. The summed E-state index contributed by atoms with van der Waals surface area (Å²) in [7, 11) is 0. The van der Waals surface area contributed by atoms with Gasteiger partial charge in [-0.25, -0.2) is 0 Å². The maximum atomic E-state index is 11.8. The number of carbonyl (C=O) groups is 1. The lowest BCUT2D eigenvalue weighted by atomic mass is 9.77. The van der Waals surface area contributed by atoms with Gasteiger partial charge in [-0.2, -0.15) is 0 Å². The van der Waals surface area contributed by atoms with Crippen LogP contribution in [0.15, 0.2) is 36.4 Å². The second-order valence-electron chi connectivity index (χ2n) is 10.6. The van der Waals surface area contributed by atoms with E-state index in [1.807, 2.05) is 24.3 Å². The summed E-state index contributed by atoms with van der Waals surface area (Å²) in [6.07, 6.45) is 0. The molecule has 3 rings (SSSR count). The summed E-state index contributed by atoms with van der Waals surface area (Å²) in [5.74, 6) is 0.594. The zero-order valence-electron chi connectivity index (χ0n) is 20.5. The number of aromatic hydroxyl groups is 1. The van der Waals surface area contributed by atoms with Crippen LogP contribution < -0.4 is 4.74 Å². The lowest BCUT2D eigenvalue weighted by Crippen LogP contribution is -2.40. The zero-order valence-corrected chi connectivity index (χ0v) is 20.5. The Kier molecular flexibility index (Phi) is 7.01. The first-order valence-corrected chi connectivity index (χ1v) is 11.4. The van der Waals surface area contributed by atoms with Crippen LogP contribution in [-0.2, 0) is 20.4 Å². The molecule has 5 heteroatoms. The van der Waals surface area contributed by atoms with Crippen LogP contribution in [0.25, 0.3) is 0 Å². The molecule has 5 nitrogen and oxygen atoms in total. The first-order valence-electron chi connectivity index (χ1n) is 11.4. The van der Waals surface area contributed by atoms with Gasteiger partial charge in [0.1, 0.15) is 11.5 Å². The molecular formula is C27H37NO4. The highest BCUT2D eigenvalue weighted by atomic mass is 16.5. The number of phenols is 1. The highest BCUT2D eigenvalue weighted by Crippen LogP contribution is 2.44. The smallest absolute Gasteiger partial charge is 0.308 e. The van der Waals surface area contributed by atoms with E-state index >= 15 is 0 Å². The number of nitrogens with zero attached hydrogens (tertiary/aromatic N) is 1. The molecule has 1 saturated heterocycles. The molecule has 0 saturated carbocycles. The third-order valence-corrected chi connectivity index (χ3v) is 5.94. The van der Waals surface area contributed by atoms with Crippen LogP contribution in [-0.4, -0.2) is 42.3 Å². The summed E-state index contributed by atoms with van der Waals surface area (Å²) in [4.78, 5) is 14.2. The standard InChI is InChI=1S/C27H37NO4/c1-18(29)32-23-11-9-8-10-20(23)24(28-12-14-31-15-13-28)19-16-21(26(2,3)4)25(30)22(17-19)27(5,6)7/h8-11,16-17,24,30H,12-15H2,1-7H3/t24-/m0/s1. The molecule has 0 aliphatic carbocycles. The molecule has 0 aromatic heterocycles. The summed E-state index contributed by atoms with van der Waals surface area (Å²) in [6.45, 7) is 17.0. The van der Waals surface area contributed by atoms with E-state index in [0.717, 1.165) is 35.3 Å². The van der Waals surface area contributed by atoms with Crippen molar-refractivity contribution >= 4 is 5.97 Å². The number of para-hydroxylation sites is 1. The Bertz CT molecular complexity index is 927. The van der Waals surface area contributed by atoms with Gasteiger partial charge in [0, 0.05) is 25.6 Å². The number of carbonyl (C=O) groups excluding carboxylic acids is 1. The fourth-order valence-corrected chi connectivity index (χ4v) is 4.34. The maximum absolute atomic E-state index is 11.8. The quantitative estimate of drug-likeness (QED) is 0.515. The van der Waals surface area contributed by atoms with Gasteiger partial charge in [-0.3, -0.25) is 9.69 Å². The molecule has 1 aliphatic heterocycles. The molecule has 1 fully saturated rings. The normalized spacial score (nSPS) is 16.6. The van der Waals surface area contributed by atoms with Crippen molar-refractivity contribution in [1.82, 2.24) is 4.90 Å². The van der Waals surface area contributed by atoms with Crippen molar-refractivity contribution in [3.05, 3.63) is 58.7 Å². The SMILES string of the molecule is CC(=O)Oc1ccccc1[C@H](c1cc(C(C)(C)C)c(O)c(C(C)(C)C)c1)N1CCOCC1. The number of morpholine rings is 1. The summed E-state index contributed by atoms with van der Waals surface area (Å²) in [6, 6.07) is 11.8. The maximum Gasteiger partial charge on any atom is 0.308 e. The van der Waals surface area contributed by atoms with Gasteiger partial charge in [0.2, 0.25) is 0 Å². The third kappa shape index (κ3) is 5.33. The number of phenolic OH excluding ortho intramolecular Hbond substituents is 1. The molecule has 2 aromatic rings. The van der Waals surface area contributed by atoms with E-state index in [1.54, 1.807) is 0 Å². The molecule has 2 aromatic carbocycles. The Hall–Kier alpha value is -2.37. The van der Waals surface area contributed by atoms with Gasteiger partial charge in [0.25, 0.3) is 0 Å². The van der Waals surface area contributed by atoms with Crippen LogP contribution in [0.3, 0.4) is 0 Å². The van der Waals surface area contributed by atoms with Crippen molar-refractivity contribution in [3.8, 4) is 11.5 Å². The zero-order chi connectivity index (χ0) is 23.7. The van der Waals surface area contributed by atoms with Crippen molar-refractivity contribution in [2.24, 2.45) is 0 Å². The van der Waals surface area contributed by atoms with Crippen molar-refractivity contribution in [1.29, 1.82) is 0 Å². The largest absolute Gasteiger partial charge is 0.507 e. The van der Waals surface area contributed by atoms with Gasteiger partial charge in [0.05, 0.1) is 19.3 Å². The van der Waals surface area contributed by atoms with Crippen LogP contribution >= 0.6 is 0 Å². The van der Waals surface area contributed by atoms with E-state index in [4.69, 9.17) is 9.47 Å². The Labute approximate surface area is 192 Å².